The van der Waals surface area contributed by atoms with Crippen molar-refractivity contribution in [2.45, 2.75) is 25.7 Å². The van der Waals surface area contributed by atoms with E-state index >= 15 is 0 Å². The normalized spacial score (nSPS) is 19.1. The van der Waals surface area contributed by atoms with Crippen LogP contribution in [0.2, 0.25) is 0 Å². The van der Waals surface area contributed by atoms with Crippen molar-refractivity contribution in [1.82, 2.24) is 0 Å². The number of nitrogens with zero attached hydrogens (tertiary/aromatic N) is 1. The maximum absolute atomic E-state index is 11.6. The maximum Gasteiger partial charge on any atom is 0.164 e. The van der Waals surface area contributed by atoms with E-state index in [1.165, 1.54) is 0 Å². The number of nitriles is 1. The number of ketones is 1. The van der Waals surface area contributed by atoms with E-state index in [0.29, 0.717) is 6.42 Å². The molecule has 0 aliphatic heterocycles. The fourth-order valence-corrected chi connectivity index (χ4v) is 1.89. The van der Waals surface area contributed by atoms with Gasteiger partial charge < -0.3 is 0 Å². The van der Waals surface area contributed by atoms with Crippen LogP contribution in [0.3, 0.4) is 0 Å². The minimum absolute atomic E-state index is 0.113. The molecule has 0 amide bonds. The molecule has 1 unspecified atom stereocenters. The lowest BCUT2D eigenvalue weighted by Crippen LogP contribution is -1.92. The first-order valence-corrected chi connectivity index (χ1v) is 4.82. The molecular formula is C12H11NO. The van der Waals surface area contributed by atoms with Gasteiger partial charge in [-0.3, -0.25) is 4.79 Å². The summed E-state index contributed by atoms with van der Waals surface area (Å²) in [6.45, 7) is 2.06. The lowest BCUT2D eigenvalue weighted by molar-refractivity contribution is 0.0992. The van der Waals surface area contributed by atoms with E-state index in [2.05, 4.69) is 13.0 Å². The highest BCUT2D eigenvalue weighted by Gasteiger charge is 2.28. The Kier molecular flexibility index (Phi) is 2.09. The molecule has 2 nitrogen and oxygen atoms in total. The van der Waals surface area contributed by atoms with Crippen LogP contribution in [-0.2, 0) is 6.42 Å². The Hall–Kier alpha value is -1.62. The molecule has 1 aromatic carbocycles. The van der Waals surface area contributed by atoms with Crippen molar-refractivity contribution < 1.29 is 4.79 Å². The van der Waals surface area contributed by atoms with Gasteiger partial charge in [0.1, 0.15) is 0 Å². The summed E-state index contributed by atoms with van der Waals surface area (Å²) in [5, 5.41) is 8.85. The highest BCUT2D eigenvalue weighted by atomic mass is 16.1. The zero-order valence-electron chi connectivity index (χ0n) is 8.08. The fourth-order valence-electron chi connectivity index (χ4n) is 1.89. The predicted molar refractivity (Wildman–Crippen MR) is 53.1 cm³/mol. The van der Waals surface area contributed by atoms with Crippen molar-refractivity contribution in [2.24, 2.45) is 0 Å². The van der Waals surface area contributed by atoms with Gasteiger partial charge in [-0.2, -0.15) is 5.26 Å². The van der Waals surface area contributed by atoms with Crippen molar-refractivity contribution in [1.29, 1.82) is 5.26 Å². The van der Waals surface area contributed by atoms with Gasteiger partial charge in [0.25, 0.3) is 0 Å². The molecule has 2 rings (SSSR count). The molecule has 0 radical (unpaired) electrons. The van der Waals surface area contributed by atoms with Crippen molar-refractivity contribution in [3.63, 3.8) is 0 Å². The zero-order chi connectivity index (χ0) is 10.1. The number of fused-ring (bicyclic) bond motifs is 1. The van der Waals surface area contributed by atoms with Gasteiger partial charge in [-0.25, -0.2) is 0 Å². The smallest absolute Gasteiger partial charge is 0.164 e. The summed E-state index contributed by atoms with van der Waals surface area (Å²) in [7, 11) is 0. The number of carbonyl (C=O) groups excluding carboxylic acids is 1. The number of hydrogen-bond acceptors (Lipinski definition) is 2. The van der Waals surface area contributed by atoms with E-state index in [0.717, 1.165) is 23.1 Å². The predicted octanol–water partition coefficient (Wildman–Crippen LogP) is 2.44. The summed E-state index contributed by atoms with van der Waals surface area (Å²) in [5.74, 6) is -0.106. The van der Waals surface area contributed by atoms with Crippen LogP contribution in [0.1, 0.15) is 40.7 Å². The van der Waals surface area contributed by atoms with Crippen LogP contribution in [0.5, 0.6) is 0 Å². The Morgan fingerprint density at radius 3 is 3.00 bits per heavy atom. The third-order valence-corrected chi connectivity index (χ3v) is 2.75. The molecule has 0 heterocycles. The minimum Gasteiger partial charge on any atom is -0.294 e. The average molecular weight is 185 g/mol. The summed E-state index contributed by atoms with van der Waals surface area (Å²) < 4.78 is 0. The highest BCUT2D eigenvalue weighted by molar-refractivity contribution is 6.02. The van der Waals surface area contributed by atoms with Crippen molar-refractivity contribution in [2.75, 3.05) is 0 Å². The van der Waals surface area contributed by atoms with Gasteiger partial charge in [0, 0.05) is 12.0 Å². The molecular weight excluding hydrogens is 174 g/mol. The van der Waals surface area contributed by atoms with Gasteiger partial charge in [-0.05, 0) is 23.6 Å². The van der Waals surface area contributed by atoms with Crippen LogP contribution in [0.25, 0.3) is 0 Å². The summed E-state index contributed by atoms with van der Waals surface area (Å²) in [6.07, 6.45) is 1.29. The summed E-state index contributed by atoms with van der Waals surface area (Å²) in [6, 6.07) is 8.02. The van der Waals surface area contributed by atoms with Crippen LogP contribution in [0.4, 0.5) is 0 Å². The molecule has 14 heavy (non-hydrogen) atoms. The van der Waals surface area contributed by atoms with Crippen molar-refractivity contribution >= 4 is 5.78 Å². The standard InChI is InChI=1S/C12H11NO/c1-2-8-3-4-10-9(7-13)6-12(14)11(10)5-8/h3-5,9H,2,6H2,1H3. The van der Waals surface area contributed by atoms with E-state index in [4.69, 9.17) is 5.26 Å². The number of benzene rings is 1. The van der Waals surface area contributed by atoms with Crippen molar-refractivity contribution in [3.05, 3.63) is 34.9 Å². The molecule has 0 saturated heterocycles. The van der Waals surface area contributed by atoms with Gasteiger partial charge in [0.05, 0.1) is 12.0 Å². The molecule has 0 N–H and O–H groups in total. The van der Waals surface area contributed by atoms with E-state index in [9.17, 15) is 4.79 Å². The molecule has 0 bridgehead atoms. The molecule has 0 fully saturated rings. The van der Waals surface area contributed by atoms with Crippen LogP contribution < -0.4 is 0 Å². The third-order valence-electron chi connectivity index (χ3n) is 2.75. The first-order chi connectivity index (χ1) is 6.76. The molecule has 0 spiro atoms. The molecule has 1 aliphatic rings. The molecule has 2 heteroatoms. The Balaban J connectivity index is 2.53. The molecule has 0 aromatic heterocycles. The van der Waals surface area contributed by atoms with Gasteiger partial charge in [-0.1, -0.05) is 19.1 Å². The lowest BCUT2D eigenvalue weighted by atomic mass is 10.0. The maximum atomic E-state index is 11.6. The molecule has 70 valence electrons. The molecule has 1 aromatic rings. The van der Waals surface area contributed by atoms with Gasteiger partial charge in [0.2, 0.25) is 0 Å². The SMILES string of the molecule is CCc1ccc2c(c1)C(=O)CC2C#N. The van der Waals surface area contributed by atoms with Gasteiger partial charge in [0.15, 0.2) is 5.78 Å². The second kappa shape index (κ2) is 3.26. The lowest BCUT2D eigenvalue weighted by Gasteiger charge is -2.02. The van der Waals surface area contributed by atoms with Gasteiger partial charge in [-0.15, -0.1) is 0 Å². The first kappa shape index (κ1) is 8.96. The second-order valence-electron chi connectivity index (χ2n) is 3.58. The fraction of sp³-hybridized carbons (Fsp3) is 0.333. The van der Waals surface area contributed by atoms with Crippen molar-refractivity contribution in [3.8, 4) is 6.07 Å². The molecule has 0 saturated carbocycles. The number of aryl methyl sites for hydroxylation is 1. The first-order valence-electron chi connectivity index (χ1n) is 4.82. The van der Waals surface area contributed by atoms with E-state index in [-0.39, 0.29) is 11.7 Å². The van der Waals surface area contributed by atoms with Crippen LogP contribution in [-0.4, -0.2) is 5.78 Å². The van der Waals surface area contributed by atoms with E-state index in [1.807, 2.05) is 18.2 Å². The number of hydrogen-bond donors (Lipinski definition) is 0. The average Bonchev–Trinajstić information content (AvgIpc) is 2.55. The van der Waals surface area contributed by atoms with Crippen LogP contribution in [0.15, 0.2) is 18.2 Å². The largest absolute Gasteiger partial charge is 0.294 e. The Morgan fingerprint density at radius 2 is 2.36 bits per heavy atom. The number of rotatable bonds is 1. The highest BCUT2D eigenvalue weighted by Crippen LogP contribution is 2.32. The topological polar surface area (TPSA) is 40.9 Å². The van der Waals surface area contributed by atoms with Gasteiger partial charge >= 0.3 is 0 Å². The molecule has 1 atom stereocenters. The Bertz CT molecular complexity index is 428. The van der Waals surface area contributed by atoms with Crippen LogP contribution in [0, 0.1) is 11.3 Å². The third kappa shape index (κ3) is 1.22. The number of carbonyl (C=O) groups is 1. The Morgan fingerprint density at radius 1 is 1.57 bits per heavy atom. The quantitative estimate of drug-likeness (QED) is 0.674. The summed E-state index contributed by atoms with van der Waals surface area (Å²) in [5.41, 5.74) is 2.83. The zero-order valence-corrected chi connectivity index (χ0v) is 8.08. The van der Waals surface area contributed by atoms with E-state index in [1.54, 1.807) is 0 Å². The number of Topliss-reactive ketones (excluding diaryl/α,β-unsaturated/α-hetero) is 1. The molecule has 1 aliphatic carbocycles. The monoisotopic (exact) mass is 185 g/mol. The second-order valence-corrected chi connectivity index (χ2v) is 3.58. The summed E-state index contributed by atoms with van der Waals surface area (Å²) >= 11 is 0. The van der Waals surface area contributed by atoms with Crippen LogP contribution >= 0.6 is 0 Å². The summed E-state index contributed by atoms with van der Waals surface area (Å²) in [4.78, 5) is 11.6. The van der Waals surface area contributed by atoms with E-state index < -0.39 is 0 Å². The Labute approximate surface area is 83.2 Å². The minimum atomic E-state index is -0.219.